The number of hydrogen-bond acceptors (Lipinski definition) is 5. The molecule has 3 unspecified atom stereocenters. The number of nitrogens with one attached hydrogen (secondary N) is 1. The molecule has 9 heteroatoms. The lowest BCUT2D eigenvalue weighted by molar-refractivity contribution is -0.870. The van der Waals surface area contributed by atoms with E-state index in [0.717, 1.165) is 44.9 Å². The molecule has 0 aromatic carbocycles. The van der Waals surface area contributed by atoms with Crippen molar-refractivity contribution in [3.63, 3.8) is 0 Å². The number of aliphatic hydroxyl groups is 1. The molecule has 8 nitrogen and oxygen atoms in total. The van der Waals surface area contributed by atoms with E-state index in [1.807, 2.05) is 21.1 Å². The maximum absolute atomic E-state index is 13.1. The number of quaternary nitrogens is 1. The van der Waals surface area contributed by atoms with Crippen molar-refractivity contribution in [3.05, 3.63) is 24.3 Å². The van der Waals surface area contributed by atoms with Gasteiger partial charge in [0.25, 0.3) is 0 Å². The van der Waals surface area contributed by atoms with Crippen LogP contribution in [0.2, 0.25) is 0 Å². The summed E-state index contributed by atoms with van der Waals surface area (Å²) >= 11 is 0. The Morgan fingerprint density at radius 1 is 0.415 bits per heavy atom. The number of carbonyl (C=O) groups is 1. The van der Waals surface area contributed by atoms with Gasteiger partial charge in [-0.3, -0.25) is 13.8 Å². The highest BCUT2D eigenvalue weighted by Gasteiger charge is 2.28. The second-order valence-corrected chi connectivity index (χ2v) is 28.1. The number of amides is 1. The van der Waals surface area contributed by atoms with E-state index in [1.165, 1.54) is 315 Å². The predicted molar refractivity (Wildman–Crippen MR) is 360 cm³/mol. The highest BCUT2D eigenvalue weighted by Crippen LogP contribution is 2.43. The molecular weight excluding hydrogens is 1030 g/mol. The molecule has 0 radical (unpaired) electrons. The maximum Gasteiger partial charge on any atom is 0.472 e. The summed E-state index contributed by atoms with van der Waals surface area (Å²) in [7, 11) is 1.64. The van der Waals surface area contributed by atoms with Crippen LogP contribution in [0.1, 0.15) is 386 Å². The third-order valence-corrected chi connectivity index (χ3v) is 18.2. The SMILES string of the molecule is CCCCCCC/C=C\C/C=C\CCCCCCCCCCCCCCCCCC(=O)NC(COP(=O)(O)OCC[N+](C)(C)C)C(O)CCCCCCCCCCCCCCCCCCCCCCCCCCCCCCCCCCC. The van der Waals surface area contributed by atoms with Crippen molar-refractivity contribution in [2.45, 2.75) is 398 Å². The summed E-state index contributed by atoms with van der Waals surface area (Å²) in [6, 6.07) is -0.761. The summed E-state index contributed by atoms with van der Waals surface area (Å²) in [5, 5.41) is 14.2. The Bertz CT molecular complexity index is 1390. The number of aliphatic hydroxyl groups excluding tert-OH is 1. The van der Waals surface area contributed by atoms with E-state index in [1.54, 1.807) is 0 Å². The normalized spacial score (nSPS) is 13.7. The lowest BCUT2D eigenvalue weighted by Crippen LogP contribution is -2.46. The van der Waals surface area contributed by atoms with Crippen LogP contribution in [0.5, 0.6) is 0 Å². The molecule has 0 fully saturated rings. The van der Waals surface area contributed by atoms with Crippen molar-refractivity contribution >= 4 is 13.7 Å². The highest BCUT2D eigenvalue weighted by atomic mass is 31.2. The van der Waals surface area contributed by atoms with E-state index in [0.29, 0.717) is 23.9 Å². The van der Waals surface area contributed by atoms with E-state index in [2.05, 4.69) is 43.5 Å². The topological polar surface area (TPSA) is 105 Å². The molecule has 0 spiro atoms. The lowest BCUT2D eigenvalue weighted by atomic mass is 10.0. The first-order chi connectivity index (χ1) is 40.0. The summed E-state index contributed by atoms with van der Waals surface area (Å²) in [5.41, 5.74) is 0. The first-order valence-corrected chi connectivity index (χ1v) is 38.2. The van der Waals surface area contributed by atoms with Gasteiger partial charge in [0.2, 0.25) is 5.91 Å². The second-order valence-electron chi connectivity index (χ2n) is 26.7. The van der Waals surface area contributed by atoms with Gasteiger partial charge in [0.05, 0.1) is 39.9 Å². The quantitative estimate of drug-likeness (QED) is 0.0243. The monoisotopic (exact) mass is 1180 g/mol. The van der Waals surface area contributed by atoms with Gasteiger partial charge in [-0.15, -0.1) is 0 Å². The molecule has 0 aromatic heterocycles. The molecule has 0 heterocycles. The molecule has 0 aliphatic carbocycles. The largest absolute Gasteiger partial charge is 0.472 e. The Hall–Kier alpha value is -1.02. The smallest absolute Gasteiger partial charge is 0.391 e. The van der Waals surface area contributed by atoms with Gasteiger partial charge in [0.15, 0.2) is 0 Å². The molecule has 82 heavy (non-hydrogen) atoms. The standard InChI is InChI=1S/C73H145N2O6P/c1-6-8-10-12-14-16-18-20-22-24-26-28-30-32-34-35-36-37-38-39-41-42-44-46-48-50-52-54-56-58-60-62-64-66-72(76)71(70-81-82(78,79)80-69-68-75(3,4)5)74-73(77)67-65-63-61-59-57-55-53-51-49-47-45-43-40-33-31-29-27-25-23-21-19-17-15-13-11-9-7-2/h19,21,25,27,71-72,76H,6-18,20,22-24,26,28-70H2,1-5H3,(H-,74,77,78,79)/p+1/b21-19-,27-25-. The van der Waals surface area contributed by atoms with E-state index >= 15 is 0 Å². The van der Waals surface area contributed by atoms with Crippen molar-refractivity contribution < 1.29 is 32.9 Å². The molecule has 3 atom stereocenters. The lowest BCUT2D eigenvalue weighted by Gasteiger charge is -2.26. The molecule has 0 saturated heterocycles. The van der Waals surface area contributed by atoms with Gasteiger partial charge in [0, 0.05) is 6.42 Å². The Kier molecular flexibility index (Phi) is 63.7. The third-order valence-electron chi connectivity index (χ3n) is 17.2. The van der Waals surface area contributed by atoms with Crippen molar-refractivity contribution in [1.29, 1.82) is 0 Å². The molecule has 488 valence electrons. The zero-order valence-corrected chi connectivity index (χ0v) is 56.9. The van der Waals surface area contributed by atoms with Gasteiger partial charge < -0.3 is 19.8 Å². The fraction of sp³-hybridized carbons (Fsp3) is 0.932. The molecule has 3 N–H and O–H groups in total. The maximum atomic E-state index is 13.1. The molecule has 0 bridgehead atoms. The van der Waals surface area contributed by atoms with E-state index < -0.39 is 20.0 Å². The van der Waals surface area contributed by atoms with Crippen LogP contribution in [0.25, 0.3) is 0 Å². The number of phosphoric acid groups is 1. The summed E-state index contributed by atoms with van der Waals surface area (Å²) < 4.78 is 23.9. The van der Waals surface area contributed by atoms with Crippen molar-refractivity contribution in [2.24, 2.45) is 0 Å². The van der Waals surface area contributed by atoms with Crippen LogP contribution in [0.15, 0.2) is 24.3 Å². The second kappa shape index (κ2) is 64.5. The first kappa shape index (κ1) is 81.0. The van der Waals surface area contributed by atoms with Crippen LogP contribution in [-0.2, 0) is 18.4 Å². The van der Waals surface area contributed by atoms with Crippen LogP contribution in [-0.4, -0.2) is 73.4 Å². The Balaban J connectivity index is 3.97. The molecule has 1 amide bonds. The summed E-state index contributed by atoms with van der Waals surface area (Å²) in [6.07, 6.45) is 84.4. The third kappa shape index (κ3) is 66.5. The molecule has 0 saturated carbocycles. The zero-order valence-electron chi connectivity index (χ0n) is 56.0. The number of phosphoric ester groups is 1. The molecule has 0 aliphatic rings. The minimum Gasteiger partial charge on any atom is -0.391 e. The van der Waals surface area contributed by atoms with Gasteiger partial charge in [-0.05, 0) is 44.9 Å². The van der Waals surface area contributed by atoms with Crippen molar-refractivity contribution in [1.82, 2.24) is 5.32 Å². The summed E-state index contributed by atoms with van der Waals surface area (Å²) in [6.45, 7) is 4.94. The predicted octanol–water partition coefficient (Wildman–Crippen LogP) is 23.4. The number of unbranched alkanes of at least 4 members (excludes halogenated alkanes) is 52. The van der Waals surface area contributed by atoms with Crippen molar-refractivity contribution in [3.8, 4) is 0 Å². The average molecular weight is 1180 g/mol. The summed E-state index contributed by atoms with van der Waals surface area (Å²) in [4.78, 5) is 23.5. The van der Waals surface area contributed by atoms with Crippen LogP contribution < -0.4 is 5.32 Å². The molecule has 0 rings (SSSR count). The first-order valence-electron chi connectivity index (χ1n) is 36.7. The van der Waals surface area contributed by atoms with Gasteiger partial charge in [0.1, 0.15) is 13.2 Å². The van der Waals surface area contributed by atoms with Crippen LogP contribution >= 0.6 is 7.82 Å². The Morgan fingerprint density at radius 2 is 0.695 bits per heavy atom. The number of rotatable bonds is 69. The average Bonchev–Trinajstić information content (AvgIpc) is 3.45. The van der Waals surface area contributed by atoms with Crippen molar-refractivity contribution in [2.75, 3.05) is 40.9 Å². The van der Waals surface area contributed by atoms with E-state index in [9.17, 15) is 19.4 Å². The number of nitrogens with zero attached hydrogens (tertiary/aromatic N) is 1. The Morgan fingerprint density at radius 3 is 1.00 bits per heavy atom. The molecule has 0 aromatic rings. The Labute approximate surface area is 513 Å². The van der Waals surface area contributed by atoms with Gasteiger partial charge >= 0.3 is 7.82 Å². The van der Waals surface area contributed by atoms with Gasteiger partial charge in [-0.2, -0.15) is 0 Å². The number of carbonyl (C=O) groups excluding carboxylic acids is 1. The number of hydrogen-bond donors (Lipinski definition) is 3. The fourth-order valence-electron chi connectivity index (χ4n) is 11.5. The fourth-order valence-corrected chi connectivity index (χ4v) is 12.2. The van der Waals surface area contributed by atoms with E-state index in [4.69, 9.17) is 9.05 Å². The molecule has 0 aliphatic heterocycles. The number of allylic oxidation sites excluding steroid dienone is 4. The van der Waals surface area contributed by atoms with E-state index in [-0.39, 0.29) is 19.1 Å². The summed E-state index contributed by atoms with van der Waals surface area (Å²) in [5.74, 6) is -0.137. The molecular formula is C73H146N2O6P+. The van der Waals surface area contributed by atoms with Crippen LogP contribution in [0.3, 0.4) is 0 Å². The van der Waals surface area contributed by atoms with Crippen LogP contribution in [0.4, 0.5) is 0 Å². The van der Waals surface area contributed by atoms with Gasteiger partial charge in [-0.25, -0.2) is 4.57 Å². The van der Waals surface area contributed by atoms with Gasteiger partial charge in [-0.1, -0.05) is 359 Å². The number of likely N-dealkylation sites (N-methyl/N-ethyl adjacent to an activating group) is 1. The zero-order chi connectivity index (χ0) is 59.8. The van der Waals surface area contributed by atoms with Crippen LogP contribution in [0, 0.1) is 0 Å². The minimum atomic E-state index is -4.33. The highest BCUT2D eigenvalue weighted by molar-refractivity contribution is 7.47. The minimum absolute atomic E-state index is 0.0770.